The smallest absolute Gasteiger partial charge is 0.255 e. The van der Waals surface area contributed by atoms with Crippen LogP contribution in [0.15, 0.2) is 11.3 Å². The van der Waals surface area contributed by atoms with Crippen molar-refractivity contribution >= 4 is 11.8 Å². The van der Waals surface area contributed by atoms with Gasteiger partial charge in [0.1, 0.15) is 0 Å². The molecule has 0 bridgehead atoms. The SMILES string of the molecule is CC1=C(N)CC(=O)NC1=O. The van der Waals surface area contributed by atoms with Crippen LogP contribution in [0.3, 0.4) is 0 Å². The summed E-state index contributed by atoms with van der Waals surface area (Å²) in [5.74, 6) is -0.707. The first-order valence-electron chi connectivity index (χ1n) is 2.90. The zero-order valence-corrected chi connectivity index (χ0v) is 5.60. The van der Waals surface area contributed by atoms with Crippen LogP contribution in [0.2, 0.25) is 0 Å². The van der Waals surface area contributed by atoms with E-state index in [4.69, 9.17) is 5.73 Å². The summed E-state index contributed by atoms with van der Waals surface area (Å²) in [5.41, 5.74) is 6.17. The van der Waals surface area contributed by atoms with Gasteiger partial charge < -0.3 is 5.73 Å². The molecule has 1 rings (SSSR count). The van der Waals surface area contributed by atoms with E-state index in [9.17, 15) is 9.59 Å². The molecule has 3 N–H and O–H groups in total. The normalized spacial score (nSPS) is 19.3. The minimum absolute atomic E-state index is 0.136. The molecule has 2 amide bonds. The molecule has 0 atom stereocenters. The predicted octanol–water partition coefficient (Wildman–Crippen LogP) is -0.734. The Balaban J connectivity index is 2.95. The van der Waals surface area contributed by atoms with Gasteiger partial charge in [0.15, 0.2) is 0 Å². The second kappa shape index (κ2) is 2.13. The van der Waals surface area contributed by atoms with Crippen molar-refractivity contribution in [3.63, 3.8) is 0 Å². The zero-order valence-electron chi connectivity index (χ0n) is 5.60. The number of amides is 2. The van der Waals surface area contributed by atoms with E-state index in [0.717, 1.165) is 0 Å². The topological polar surface area (TPSA) is 72.2 Å². The summed E-state index contributed by atoms with van der Waals surface area (Å²) in [7, 11) is 0. The van der Waals surface area contributed by atoms with Gasteiger partial charge in [-0.1, -0.05) is 0 Å². The maximum absolute atomic E-state index is 10.7. The zero-order chi connectivity index (χ0) is 7.72. The lowest BCUT2D eigenvalue weighted by molar-refractivity contribution is -0.129. The van der Waals surface area contributed by atoms with Crippen molar-refractivity contribution in [1.29, 1.82) is 0 Å². The van der Waals surface area contributed by atoms with Crippen LogP contribution in [0.25, 0.3) is 0 Å². The molecule has 10 heavy (non-hydrogen) atoms. The first kappa shape index (κ1) is 6.80. The van der Waals surface area contributed by atoms with Crippen LogP contribution in [0.1, 0.15) is 13.3 Å². The van der Waals surface area contributed by atoms with Gasteiger partial charge in [0, 0.05) is 11.3 Å². The highest BCUT2D eigenvalue weighted by Crippen LogP contribution is 2.07. The van der Waals surface area contributed by atoms with Gasteiger partial charge in [0.2, 0.25) is 5.91 Å². The van der Waals surface area contributed by atoms with Crippen molar-refractivity contribution in [2.45, 2.75) is 13.3 Å². The Labute approximate surface area is 58.1 Å². The molecule has 0 radical (unpaired) electrons. The molecule has 0 unspecified atom stereocenters. The van der Waals surface area contributed by atoms with E-state index in [1.165, 1.54) is 0 Å². The molecule has 0 aromatic heterocycles. The van der Waals surface area contributed by atoms with Crippen LogP contribution in [0, 0.1) is 0 Å². The summed E-state index contributed by atoms with van der Waals surface area (Å²) in [6, 6.07) is 0. The second-order valence-electron chi connectivity index (χ2n) is 2.20. The molecule has 0 aromatic rings. The number of imide groups is 1. The molecule has 54 valence electrons. The highest BCUT2D eigenvalue weighted by atomic mass is 16.2. The van der Waals surface area contributed by atoms with E-state index in [-0.39, 0.29) is 18.2 Å². The number of nitrogens with one attached hydrogen (secondary N) is 1. The van der Waals surface area contributed by atoms with Gasteiger partial charge in [0.25, 0.3) is 5.91 Å². The average molecular weight is 140 g/mol. The van der Waals surface area contributed by atoms with E-state index in [1.807, 2.05) is 0 Å². The standard InChI is InChI=1S/C6H8N2O2/c1-3-4(7)2-5(9)8-6(3)10/h2,7H2,1H3,(H,8,9,10). The van der Waals surface area contributed by atoms with Crippen molar-refractivity contribution in [3.8, 4) is 0 Å². The maximum Gasteiger partial charge on any atom is 0.255 e. The van der Waals surface area contributed by atoms with E-state index in [1.54, 1.807) is 6.92 Å². The number of hydrogen-bond acceptors (Lipinski definition) is 3. The van der Waals surface area contributed by atoms with Gasteiger partial charge in [-0.25, -0.2) is 0 Å². The van der Waals surface area contributed by atoms with Crippen LogP contribution >= 0.6 is 0 Å². The molecule has 0 spiro atoms. The van der Waals surface area contributed by atoms with Gasteiger partial charge in [-0.2, -0.15) is 0 Å². The number of carbonyl (C=O) groups excluding carboxylic acids is 2. The molecule has 1 heterocycles. The first-order chi connectivity index (χ1) is 4.61. The van der Waals surface area contributed by atoms with Crippen LogP contribution in [0.5, 0.6) is 0 Å². The first-order valence-corrected chi connectivity index (χ1v) is 2.90. The Morgan fingerprint density at radius 3 is 2.60 bits per heavy atom. The molecule has 0 saturated heterocycles. The third-order valence-electron chi connectivity index (χ3n) is 1.43. The summed E-state index contributed by atoms with van der Waals surface area (Å²) in [6.45, 7) is 1.59. The van der Waals surface area contributed by atoms with Crippen LogP contribution in [-0.2, 0) is 9.59 Å². The third-order valence-corrected chi connectivity index (χ3v) is 1.43. The molecule has 0 fully saturated rings. The summed E-state index contributed by atoms with van der Waals surface area (Å²) < 4.78 is 0. The highest BCUT2D eigenvalue weighted by molar-refractivity contribution is 6.07. The number of nitrogens with two attached hydrogens (primary N) is 1. The maximum atomic E-state index is 10.7. The Hall–Kier alpha value is -1.32. The van der Waals surface area contributed by atoms with Crippen LogP contribution in [0.4, 0.5) is 0 Å². The van der Waals surface area contributed by atoms with Gasteiger partial charge >= 0.3 is 0 Å². The Morgan fingerprint density at radius 1 is 1.50 bits per heavy atom. The van der Waals surface area contributed by atoms with Crippen molar-refractivity contribution in [2.75, 3.05) is 0 Å². The molecule has 0 aliphatic carbocycles. The van der Waals surface area contributed by atoms with Gasteiger partial charge in [-0.05, 0) is 6.92 Å². The molecular weight excluding hydrogens is 132 g/mol. The Bertz CT molecular complexity index is 230. The fourth-order valence-corrected chi connectivity index (χ4v) is 0.716. The largest absolute Gasteiger partial charge is 0.401 e. The molecule has 0 aromatic carbocycles. The molecule has 1 aliphatic heterocycles. The number of carbonyl (C=O) groups is 2. The minimum atomic E-state index is -0.381. The molecular formula is C6H8N2O2. The third kappa shape index (κ3) is 1.00. The molecule has 4 heteroatoms. The van der Waals surface area contributed by atoms with E-state index in [0.29, 0.717) is 11.3 Å². The summed E-state index contributed by atoms with van der Waals surface area (Å²) >= 11 is 0. The van der Waals surface area contributed by atoms with E-state index in [2.05, 4.69) is 5.32 Å². The second-order valence-corrected chi connectivity index (χ2v) is 2.20. The predicted molar refractivity (Wildman–Crippen MR) is 34.7 cm³/mol. The highest BCUT2D eigenvalue weighted by Gasteiger charge is 2.19. The minimum Gasteiger partial charge on any atom is -0.401 e. The Morgan fingerprint density at radius 2 is 2.10 bits per heavy atom. The van der Waals surface area contributed by atoms with E-state index < -0.39 is 0 Å². The lowest BCUT2D eigenvalue weighted by atomic mass is 10.1. The fraction of sp³-hybridized carbons (Fsp3) is 0.333. The average Bonchev–Trinajstić information content (AvgIpc) is 1.82. The summed E-state index contributed by atoms with van der Waals surface area (Å²) in [6.07, 6.45) is 0.136. The lowest BCUT2D eigenvalue weighted by Crippen LogP contribution is -2.37. The summed E-state index contributed by atoms with van der Waals surface area (Å²) in [4.78, 5) is 21.3. The molecule has 0 saturated carbocycles. The van der Waals surface area contributed by atoms with Gasteiger partial charge in [-0.3, -0.25) is 14.9 Å². The number of hydrogen-bond donors (Lipinski definition) is 2. The van der Waals surface area contributed by atoms with Gasteiger partial charge in [0.05, 0.1) is 6.42 Å². The quantitative estimate of drug-likeness (QED) is 0.435. The monoisotopic (exact) mass is 140 g/mol. The van der Waals surface area contributed by atoms with Crippen molar-refractivity contribution < 1.29 is 9.59 Å². The van der Waals surface area contributed by atoms with E-state index >= 15 is 0 Å². The fourth-order valence-electron chi connectivity index (χ4n) is 0.716. The number of rotatable bonds is 0. The van der Waals surface area contributed by atoms with Crippen molar-refractivity contribution in [1.82, 2.24) is 5.32 Å². The molecule has 4 nitrogen and oxygen atoms in total. The van der Waals surface area contributed by atoms with Crippen LogP contribution in [-0.4, -0.2) is 11.8 Å². The van der Waals surface area contributed by atoms with Crippen molar-refractivity contribution in [3.05, 3.63) is 11.3 Å². The lowest BCUT2D eigenvalue weighted by Gasteiger charge is -2.12. The van der Waals surface area contributed by atoms with Crippen LogP contribution < -0.4 is 11.1 Å². The Kier molecular flexibility index (Phi) is 1.45. The molecule has 1 aliphatic rings. The summed E-state index contributed by atoms with van der Waals surface area (Å²) in [5, 5.41) is 2.14. The van der Waals surface area contributed by atoms with Gasteiger partial charge in [-0.15, -0.1) is 0 Å². The van der Waals surface area contributed by atoms with Crippen molar-refractivity contribution in [2.24, 2.45) is 5.73 Å².